The Kier molecular flexibility index (Phi) is 5.78. The van der Waals surface area contributed by atoms with Crippen molar-refractivity contribution < 1.29 is 4.42 Å². The van der Waals surface area contributed by atoms with Gasteiger partial charge in [-0.1, -0.05) is 78.9 Å². The Morgan fingerprint density at radius 1 is 0.489 bits per heavy atom. The van der Waals surface area contributed by atoms with E-state index in [1.807, 2.05) is 36.4 Å². The van der Waals surface area contributed by atoms with Gasteiger partial charge in [-0.3, -0.25) is 0 Å². The number of hydrogen-bond acceptors (Lipinski definition) is 3. The molecule has 0 spiro atoms. The highest BCUT2D eigenvalue weighted by Crippen LogP contribution is 2.39. The summed E-state index contributed by atoms with van der Waals surface area (Å²) in [5, 5.41) is 4.66. The van der Waals surface area contributed by atoms with Crippen molar-refractivity contribution in [3.05, 3.63) is 164 Å². The third-order valence-corrected chi connectivity index (χ3v) is 8.59. The quantitative estimate of drug-likeness (QED) is 0.204. The molecule has 0 amide bonds. The van der Waals surface area contributed by atoms with Gasteiger partial charge in [-0.2, -0.15) is 0 Å². The summed E-state index contributed by atoms with van der Waals surface area (Å²) in [5.74, 6) is 0.636. The number of hydrogen-bond donors (Lipinski definition) is 0. The van der Waals surface area contributed by atoms with Gasteiger partial charge in [0.15, 0.2) is 5.58 Å². The number of nitrogens with zero attached hydrogens (tertiary/aromatic N) is 3. The first kappa shape index (κ1) is 25.4. The Balaban J connectivity index is 1.16. The molecule has 2 heterocycles. The molecule has 0 bridgehead atoms. The molecule has 0 aliphatic carbocycles. The first-order chi connectivity index (χ1) is 22.3. The molecule has 0 aliphatic rings. The van der Waals surface area contributed by atoms with Crippen LogP contribution in [0.3, 0.4) is 0 Å². The van der Waals surface area contributed by atoms with Crippen molar-refractivity contribution in [3.63, 3.8) is 0 Å². The molecule has 4 heteroatoms. The molecule has 0 radical (unpaired) electrons. The van der Waals surface area contributed by atoms with Crippen LogP contribution in [0.1, 0.15) is 0 Å². The second kappa shape index (κ2) is 10.2. The normalized spacial score (nSPS) is 11.6. The molecule has 9 aromatic rings. The van der Waals surface area contributed by atoms with Gasteiger partial charge in [0.25, 0.3) is 0 Å². The Labute approximate surface area is 260 Å². The zero-order valence-electron chi connectivity index (χ0n) is 24.3. The van der Waals surface area contributed by atoms with Crippen LogP contribution < -0.4 is 4.90 Å². The summed E-state index contributed by atoms with van der Waals surface area (Å²) in [6, 6.07) is 57.4. The van der Waals surface area contributed by atoms with Crippen molar-refractivity contribution in [2.45, 2.75) is 0 Å². The minimum absolute atomic E-state index is 0.636. The highest BCUT2D eigenvalue weighted by Gasteiger charge is 2.17. The van der Waals surface area contributed by atoms with Crippen LogP contribution >= 0.6 is 0 Å². The molecule has 45 heavy (non-hydrogen) atoms. The van der Waals surface area contributed by atoms with E-state index in [2.05, 4.69) is 137 Å². The van der Waals surface area contributed by atoms with Crippen molar-refractivity contribution in [1.82, 2.24) is 9.55 Å². The highest BCUT2D eigenvalue weighted by molar-refractivity contribution is 6.09. The van der Waals surface area contributed by atoms with E-state index >= 15 is 0 Å². The first-order valence-electron chi connectivity index (χ1n) is 15.1. The van der Waals surface area contributed by atoms with Gasteiger partial charge in [-0.05, 0) is 90.3 Å². The van der Waals surface area contributed by atoms with Gasteiger partial charge in [-0.15, -0.1) is 0 Å². The lowest BCUT2D eigenvalue weighted by Crippen LogP contribution is -2.10. The number of para-hydroxylation sites is 3. The number of aromatic nitrogens is 2. The van der Waals surface area contributed by atoms with Crippen LogP contribution in [0.15, 0.2) is 168 Å². The van der Waals surface area contributed by atoms with E-state index in [9.17, 15) is 0 Å². The monoisotopic (exact) mass is 577 g/mol. The van der Waals surface area contributed by atoms with Gasteiger partial charge >= 0.3 is 0 Å². The van der Waals surface area contributed by atoms with Crippen molar-refractivity contribution in [2.75, 3.05) is 4.90 Å². The summed E-state index contributed by atoms with van der Waals surface area (Å²) >= 11 is 0. The molecule has 0 N–H and O–H groups in total. The minimum atomic E-state index is 0.636. The Morgan fingerprint density at radius 2 is 1.09 bits per heavy atom. The van der Waals surface area contributed by atoms with E-state index in [4.69, 9.17) is 9.40 Å². The Bertz CT molecular complexity index is 2420. The molecule has 4 nitrogen and oxygen atoms in total. The summed E-state index contributed by atoms with van der Waals surface area (Å²) in [6.45, 7) is 0. The van der Waals surface area contributed by atoms with Gasteiger partial charge in [0.2, 0.25) is 5.89 Å². The third-order valence-electron chi connectivity index (χ3n) is 8.59. The molecule has 9 rings (SSSR count). The van der Waals surface area contributed by atoms with Crippen LogP contribution in [0, 0.1) is 0 Å². The lowest BCUT2D eigenvalue weighted by Gasteiger charge is -2.26. The van der Waals surface area contributed by atoms with E-state index in [0.717, 1.165) is 50.2 Å². The van der Waals surface area contributed by atoms with E-state index < -0.39 is 0 Å². The molecule has 0 aliphatic heterocycles. The molecule has 0 saturated heterocycles. The van der Waals surface area contributed by atoms with Crippen LogP contribution in [0.2, 0.25) is 0 Å². The molecular formula is C41H27N3O. The number of fused-ring (bicyclic) bond motifs is 6. The van der Waals surface area contributed by atoms with E-state index in [1.165, 1.54) is 21.8 Å². The maximum atomic E-state index is 6.32. The standard InChI is InChI=1S/C41H27N3O/c1-3-11-28(12-4-1)41-42-37-26-19-29-27-33(24-25-34(29)40(37)45-41)43(30-13-5-2-6-14-30)31-20-22-32(23-21-31)44-38-17-9-7-15-35(38)36-16-8-10-18-39(36)44/h1-27H. The number of benzene rings is 7. The van der Waals surface area contributed by atoms with Crippen LogP contribution in [-0.2, 0) is 0 Å². The largest absolute Gasteiger partial charge is 0.435 e. The predicted molar refractivity (Wildman–Crippen MR) is 186 cm³/mol. The van der Waals surface area contributed by atoms with Crippen molar-refractivity contribution in [2.24, 2.45) is 0 Å². The summed E-state index contributed by atoms with van der Waals surface area (Å²) in [6.07, 6.45) is 0. The smallest absolute Gasteiger partial charge is 0.227 e. The number of oxazole rings is 1. The SMILES string of the molecule is c1ccc(-c2nc3ccc4cc(N(c5ccccc5)c5ccc(-n6c7ccccc7c7ccccc76)cc5)ccc4c3o2)cc1. The molecule has 0 unspecified atom stereocenters. The lowest BCUT2D eigenvalue weighted by molar-refractivity contribution is 0.623. The van der Waals surface area contributed by atoms with Crippen LogP contribution in [0.5, 0.6) is 0 Å². The molecule has 0 fully saturated rings. The van der Waals surface area contributed by atoms with Crippen LogP contribution in [0.25, 0.3) is 60.8 Å². The summed E-state index contributed by atoms with van der Waals surface area (Å²) in [5.41, 5.74) is 9.41. The van der Waals surface area contributed by atoms with Crippen LogP contribution in [-0.4, -0.2) is 9.55 Å². The zero-order chi connectivity index (χ0) is 29.7. The fourth-order valence-corrected chi connectivity index (χ4v) is 6.52. The molecule has 0 saturated carbocycles. The Hall–Kier alpha value is -6.13. The van der Waals surface area contributed by atoms with Gasteiger partial charge < -0.3 is 13.9 Å². The van der Waals surface area contributed by atoms with Gasteiger partial charge in [0, 0.05) is 44.5 Å². The van der Waals surface area contributed by atoms with E-state index in [0.29, 0.717) is 5.89 Å². The number of anilines is 3. The highest BCUT2D eigenvalue weighted by atomic mass is 16.3. The van der Waals surface area contributed by atoms with Gasteiger partial charge in [0.05, 0.1) is 11.0 Å². The Morgan fingerprint density at radius 3 is 1.80 bits per heavy atom. The summed E-state index contributed by atoms with van der Waals surface area (Å²) in [7, 11) is 0. The topological polar surface area (TPSA) is 34.2 Å². The van der Waals surface area contributed by atoms with Gasteiger partial charge in [-0.25, -0.2) is 4.98 Å². The van der Waals surface area contributed by atoms with Crippen molar-refractivity contribution in [1.29, 1.82) is 0 Å². The molecule has 0 atom stereocenters. The second-order valence-corrected chi connectivity index (χ2v) is 11.3. The lowest BCUT2D eigenvalue weighted by atomic mass is 10.1. The molecule has 2 aromatic heterocycles. The molecule has 212 valence electrons. The minimum Gasteiger partial charge on any atom is -0.435 e. The average Bonchev–Trinajstić information content (AvgIpc) is 3.70. The number of rotatable bonds is 5. The van der Waals surface area contributed by atoms with Crippen molar-refractivity contribution >= 4 is 60.7 Å². The zero-order valence-corrected chi connectivity index (χ0v) is 24.3. The summed E-state index contributed by atoms with van der Waals surface area (Å²) < 4.78 is 8.67. The fourth-order valence-electron chi connectivity index (χ4n) is 6.52. The van der Waals surface area contributed by atoms with Crippen LogP contribution in [0.4, 0.5) is 17.1 Å². The average molecular weight is 578 g/mol. The molecular weight excluding hydrogens is 550 g/mol. The maximum Gasteiger partial charge on any atom is 0.227 e. The van der Waals surface area contributed by atoms with Gasteiger partial charge in [0.1, 0.15) is 5.52 Å². The molecule has 7 aromatic carbocycles. The second-order valence-electron chi connectivity index (χ2n) is 11.3. The van der Waals surface area contributed by atoms with E-state index in [1.54, 1.807) is 0 Å². The third kappa shape index (κ3) is 4.19. The first-order valence-corrected chi connectivity index (χ1v) is 15.1. The fraction of sp³-hybridized carbons (Fsp3) is 0. The predicted octanol–water partition coefficient (Wildman–Crippen LogP) is 11.2. The summed E-state index contributed by atoms with van der Waals surface area (Å²) in [4.78, 5) is 7.07. The maximum absolute atomic E-state index is 6.32. The van der Waals surface area contributed by atoms with Crippen molar-refractivity contribution in [3.8, 4) is 17.1 Å². The van der Waals surface area contributed by atoms with E-state index in [-0.39, 0.29) is 0 Å².